The second-order valence-corrected chi connectivity index (χ2v) is 8.23. The summed E-state index contributed by atoms with van der Waals surface area (Å²) >= 11 is 0. The summed E-state index contributed by atoms with van der Waals surface area (Å²) in [5.41, 5.74) is 0. The van der Waals surface area contributed by atoms with Gasteiger partial charge in [-0.15, -0.1) is 0 Å². The highest BCUT2D eigenvalue weighted by atomic mass is 32.2. The van der Waals surface area contributed by atoms with Gasteiger partial charge in [-0.25, -0.2) is 8.42 Å². The summed E-state index contributed by atoms with van der Waals surface area (Å²) in [4.78, 5) is 22.6. The monoisotopic (exact) mass is 368 g/mol. The second-order valence-electron chi connectivity index (χ2n) is 6.29. The number of carboxylic acids is 1. The normalized spacial score (nSPS) is 21.0. The molecule has 1 aliphatic heterocycles. The van der Waals surface area contributed by atoms with Crippen LogP contribution in [0.1, 0.15) is 19.3 Å². The van der Waals surface area contributed by atoms with E-state index in [-0.39, 0.29) is 36.5 Å². The lowest BCUT2D eigenvalue weighted by atomic mass is 10.1. The first-order chi connectivity index (χ1) is 11.9. The van der Waals surface area contributed by atoms with E-state index in [4.69, 9.17) is 9.84 Å². The van der Waals surface area contributed by atoms with Gasteiger partial charge in [0.2, 0.25) is 10.0 Å². The van der Waals surface area contributed by atoms with Crippen molar-refractivity contribution in [1.29, 1.82) is 0 Å². The van der Waals surface area contributed by atoms with Gasteiger partial charge in [0.05, 0.1) is 10.8 Å². The third-order valence-corrected chi connectivity index (χ3v) is 6.15. The third kappa shape index (κ3) is 4.29. The first kappa shape index (κ1) is 17.7. The largest absolute Gasteiger partial charge is 0.484 e. The van der Waals surface area contributed by atoms with E-state index in [2.05, 4.69) is 5.32 Å². The van der Waals surface area contributed by atoms with E-state index in [1.165, 1.54) is 28.6 Å². The fraction of sp³-hybridized carbons (Fsp3) is 0.500. The summed E-state index contributed by atoms with van der Waals surface area (Å²) in [5.74, 6) is -1.45. The quantitative estimate of drug-likeness (QED) is 0.722. The molecule has 1 aromatic rings. The van der Waals surface area contributed by atoms with Crippen molar-refractivity contribution in [3.8, 4) is 5.75 Å². The van der Waals surface area contributed by atoms with Crippen LogP contribution in [0.3, 0.4) is 0 Å². The maximum atomic E-state index is 12.5. The highest BCUT2D eigenvalue weighted by Gasteiger charge is 2.35. The Morgan fingerprint density at radius 2 is 1.88 bits per heavy atom. The maximum absolute atomic E-state index is 12.5. The topological polar surface area (TPSA) is 113 Å². The van der Waals surface area contributed by atoms with Gasteiger partial charge >= 0.3 is 5.97 Å². The van der Waals surface area contributed by atoms with Crippen LogP contribution in [-0.2, 0) is 19.6 Å². The van der Waals surface area contributed by atoms with E-state index in [1.807, 2.05) is 0 Å². The molecule has 1 aromatic carbocycles. The van der Waals surface area contributed by atoms with Crippen LogP contribution in [0.25, 0.3) is 0 Å². The molecule has 2 N–H and O–H groups in total. The highest BCUT2D eigenvalue weighted by Crippen LogP contribution is 2.25. The number of hydrogen-bond acceptors (Lipinski definition) is 5. The lowest BCUT2D eigenvalue weighted by Crippen LogP contribution is -2.30. The summed E-state index contributed by atoms with van der Waals surface area (Å²) in [6, 6.07) is 6.04. The van der Waals surface area contributed by atoms with E-state index >= 15 is 0 Å². The van der Waals surface area contributed by atoms with Crippen molar-refractivity contribution < 1.29 is 27.9 Å². The standard InChI is InChI=1S/C16H20N2O6S/c19-15(17-12-1-2-12)10-24-13-3-5-14(6-4-13)25(22,23)18-8-7-11(9-18)16(20)21/h3-6,11-12H,1-2,7-10H2,(H,17,19)(H,20,21). The van der Waals surface area contributed by atoms with Gasteiger partial charge in [0.25, 0.3) is 5.91 Å². The first-order valence-corrected chi connectivity index (χ1v) is 9.55. The number of hydrogen-bond donors (Lipinski definition) is 2. The second kappa shape index (κ2) is 7.01. The smallest absolute Gasteiger partial charge is 0.307 e. The number of rotatable bonds is 7. The molecule has 25 heavy (non-hydrogen) atoms. The molecule has 2 aliphatic rings. The predicted molar refractivity (Wildman–Crippen MR) is 87.6 cm³/mol. The molecular formula is C16H20N2O6S. The number of nitrogens with one attached hydrogen (secondary N) is 1. The van der Waals surface area contributed by atoms with Crippen LogP contribution in [0.5, 0.6) is 5.75 Å². The Labute approximate surface area is 145 Å². The van der Waals surface area contributed by atoms with E-state index in [1.54, 1.807) is 0 Å². The molecule has 3 rings (SSSR count). The van der Waals surface area contributed by atoms with E-state index in [0.29, 0.717) is 12.2 Å². The molecule has 1 saturated heterocycles. The summed E-state index contributed by atoms with van der Waals surface area (Å²) in [6.07, 6.45) is 2.31. The van der Waals surface area contributed by atoms with Crippen LogP contribution in [0.2, 0.25) is 0 Å². The number of carboxylic acid groups (broad SMARTS) is 1. The number of sulfonamides is 1. The molecule has 9 heteroatoms. The number of ether oxygens (including phenoxy) is 1. The van der Waals surface area contributed by atoms with Crippen LogP contribution < -0.4 is 10.1 Å². The molecule has 0 aromatic heterocycles. The van der Waals surface area contributed by atoms with Gasteiger partial charge in [-0.3, -0.25) is 9.59 Å². The van der Waals surface area contributed by atoms with Crippen molar-refractivity contribution in [2.45, 2.75) is 30.2 Å². The maximum Gasteiger partial charge on any atom is 0.307 e. The third-order valence-electron chi connectivity index (χ3n) is 4.27. The Balaban J connectivity index is 1.59. The van der Waals surface area contributed by atoms with Crippen LogP contribution >= 0.6 is 0 Å². The summed E-state index contributed by atoms with van der Waals surface area (Å²) < 4.78 is 31.6. The molecule has 1 atom stereocenters. The van der Waals surface area contributed by atoms with Gasteiger partial charge in [0.1, 0.15) is 5.75 Å². The van der Waals surface area contributed by atoms with Crippen molar-refractivity contribution >= 4 is 21.9 Å². The lowest BCUT2D eigenvalue weighted by Gasteiger charge is -2.16. The van der Waals surface area contributed by atoms with Crippen molar-refractivity contribution in [3.05, 3.63) is 24.3 Å². The Morgan fingerprint density at radius 1 is 1.20 bits per heavy atom. The minimum Gasteiger partial charge on any atom is -0.484 e. The predicted octanol–water partition coefficient (Wildman–Crippen LogP) is 0.439. The van der Waals surface area contributed by atoms with E-state index in [0.717, 1.165) is 12.8 Å². The van der Waals surface area contributed by atoms with Crippen molar-refractivity contribution in [2.75, 3.05) is 19.7 Å². The Morgan fingerprint density at radius 3 is 2.44 bits per heavy atom. The fourth-order valence-corrected chi connectivity index (χ4v) is 4.15. The number of amides is 1. The number of nitrogens with zero attached hydrogens (tertiary/aromatic N) is 1. The fourth-order valence-electron chi connectivity index (χ4n) is 2.65. The Bertz CT molecular complexity index is 757. The zero-order valence-corrected chi connectivity index (χ0v) is 14.4. The van der Waals surface area contributed by atoms with E-state index < -0.39 is 21.9 Å². The molecule has 1 heterocycles. The number of carbonyl (C=O) groups excluding carboxylic acids is 1. The summed E-state index contributed by atoms with van der Waals surface area (Å²) in [6.45, 7) is 0.0607. The molecular weight excluding hydrogens is 348 g/mol. The van der Waals surface area contributed by atoms with Gasteiger partial charge < -0.3 is 15.2 Å². The summed E-state index contributed by atoms with van der Waals surface area (Å²) in [5, 5.41) is 11.8. The minimum absolute atomic E-state index is 0.0166. The van der Waals surface area contributed by atoms with Crippen LogP contribution in [0.15, 0.2) is 29.2 Å². The van der Waals surface area contributed by atoms with Gasteiger partial charge in [0, 0.05) is 19.1 Å². The number of aliphatic carboxylic acids is 1. The Kier molecular flexibility index (Phi) is 4.96. The molecule has 0 bridgehead atoms. The molecule has 136 valence electrons. The Hall–Kier alpha value is -2.13. The molecule has 0 spiro atoms. The van der Waals surface area contributed by atoms with Crippen LogP contribution in [0.4, 0.5) is 0 Å². The minimum atomic E-state index is -3.73. The van der Waals surface area contributed by atoms with Gasteiger partial charge in [-0.2, -0.15) is 4.31 Å². The summed E-state index contributed by atoms with van der Waals surface area (Å²) in [7, 11) is -3.73. The van der Waals surface area contributed by atoms with Crippen molar-refractivity contribution in [2.24, 2.45) is 5.92 Å². The molecule has 1 amide bonds. The lowest BCUT2D eigenvalue weighted by molar-refractivity contribution is -0.141. The first-order valence-electron chi connectivity index (χ1n) is 8.11. The van der Waals surface area contributed by atoms with Gasteiger partial charge in [0.15, 0.2) is 6.61 Å². The molecule has 1 unspecified atom stereocenters. The van der Waals surface area contributed by atoms with E-state index in [9.17, 15) is 18.0 Å². The highest BCUT2D eigenvalue weighted by molar-refractivity contribution is 7.89. The molecule has 8 nitrogen and oxygen atoms in total. The number of benzene rings is 1. The number of carbonyl (C=O) groups is 2. The average molecular weight is 368 g/mol. The molecule has 0 radical (unpaired) electrons. The zero-order valence-electron chi connectivity index (χ0n) is 13.6. The average Bonchev–Trinajstić information content (AvgIpc) is 3.23. The van der Waals surface area contributed by atoms with Gasteiger partial charge in [-0.05, 0) is 43.5 Å². The SMILES string of the molecule is O=C(COc1ccc(S(=O)(=O)N2CCC(C(=O)O)C2)cc1)NC1CC1. The van der Waals surface area contributed by atoms with Crippen molar-refractivity contribution in [1.82, 2.24) is 9.62 Å². The van der Waals surface area contributed by atoms with Crippen molar-refractivity contribution in [3.63, 3.8) is 0 Å². The zero-order chi connectivity index (χ0) is 18.0. The molecule has 1 saturated carbocycles. The van der Waals surface area contributed by atoms with Crippen LogP contribution in [-0.4, -0.2) is 55.4 Å². The van der Waals surface area contributed by atoms with Gasteiger partial charge in [-0.1, -0.05) is 0 Å². The molecule has 1 aliphatic carbocycles. The molecule has 2 fully saturated rings. The van der Waals surface area contributed by atoms with Crippen LogP contribution in [0, 0.1) is 5.92 Å².